The first-order valence-electron chi connectivity index (χ1n) is 9.50. The Labute approximate surface area is 169 Å². The monoisotopic (exact) mass is 387 g/mol. The van der Waals surface area contributed by atoms with Crippen molar-refractivity contribution >= 4 is 0 Å². The topological polar surface area (TPSA) is 42.2 Å². The first kappa shape index (κ1) is 19.0. The van der Waals surface area contributed by atoms with Crippen LogP contribution in [0, 0.1) is 12.7 Å². The Morgan fingerprint density at radius 2 is 1.55 bits per heavy atom. The highest BCUT2D eigenvalue weighted by atomic mass is 19.1. The summed E-state index contributed by atoms with van der Waals surface area (Å²) in [4.78, 5) is 6.67. The lowest BCUT2D eigenvalue weighted by Crippen LogP contribution is -2.25. The second kappa shape index (κ2) is 8.37. The molecule has 0 radical (unpaired) electrons. The van der Waals surface area contributed by atoms with Gasteiger partial charge in [-0.25, -0.2) is 4.39 Å². The van der Waals surface area contributed by atoms with Gasteiger partial charge in [-0.15, -0.1) is 0 Å². The van der Waals surface area contributed by atoms with E-state index in [1.54, 1.807) is 0 Å². The lowest BCUT2D eigenvalue weighted by molar-refractivity contribution is 0.229. The summed E-state index contributed by atoms with van der Waals surface area (Å²) in [5.41, 5.74) is 4.21. The van der Waals surface area contributed by atoms with Crippen molar-refractivity contribution in [2.24, 2.45) is 0 Å². The van der Waals surface area contributed by atoms with Crippen LogP contribution in [-0.2, 0) is 6.54 Å². The third kappa shape index (κ3) is 4.41. The maximum Gasteiger partial charge on any atom is 0.241 e. The number of hydrogen-bond acceptors (Lipinski definition) is 4. The maximum absolute atomic E-state index is 13.4. The summed E-state index contributed by atoms with van der Waals surface area (Å²) in [5.74, 6) is 0.861. The van der Waals surface area contributed by atoms with Crippen molar-refractivity contribution in [2.45, 2.75) is 19.5 Å². The molecule has 1 atom stereocenters. The van der Waals surface area contributed by atoms with Crippen LogP contribution in [0.1, 0.15) is 28.6 Å². The van der Waals surface area contributed by atoms with Gasteiger partial charge in [0.25, 0.3) is 0 Å². The van der Waals surface area contributed by atoms with Crippen LogP contribution in [0.2, 0.25) is 0 Å². The molecular formula is C24H22FN3O. The largest absolute Gasteiger partial charge is 0.338 e. The average molecular weight is 387 g/mol. The molecule has 0 fully saturated rings. The molecule has 0 bridgehead atoms. The molecule has 1 unspecified atom stereocenters. The van der Waals surface area contributed by atoms with E-state index < -0.39 is 0 Å². The van der Waals surface area contributed by atoms with Gasteiger partial charge < -0.3 is 4.52 Å². The number of aryl methyl sites for hydroxylation is 1. The van der Waals surface area contributed by atoms with Crippen molar-refractivity contribution in [1.29, 1.82) is 0 Å². The lowest BCUT2D eigenvalue weighted by atomic mass is 9.97. The third-order valence-corrected chi connectivity index (χ3v) is 4.90. The van der Waals surface area contributed by atoms with E-state index in [2.05, 4.69) is 27.2 Å². The van der Waals surface area contributed by atoms with Crippen molar-refractivity contribution in [3.63, 3.8) is 0 Å². The fourth-order valence-electron chi connectivity index (χ4n) is 3.43. The van der Waals surface area contributed by atoms with Gasteiger partial charge in [-0.3, -0.25) is 4.90 Å². The minimum atomic E-state index is -0.247. The summed E-state index contributed by atoms with van der Waals surface area (Å²) in [6.07, 6.45) is 0. The molecule has 0 N–H and O–H groups in total. The molecule has 4 rings (SSSR count). The molecule has 146 valence electrons. The van der Waals surface area contributed by atoms with Gasteiger partial charge >= 0.3 is 0 Å². The van der Waals surface area contributed by atoms with Gasteiger partial charge in [0.05, 0.1) is 12.6 Å². The number of nitrogens with zero attached hydrogens (tertiary/aromatic N) is 3. The maximum atomic E-state index is 13.4. The van der Waals surface area contributed by atoms with Crippen LogP contribution >= 0.6 is 0 Å². The minimum Gasteiger partial charge on any atom is -0.338 e. The molecule has 0 spiro atoms. The lowest BCUT2D eigenvalue weighted by Gasteiger charge is -2.27. The molecule has 4 aromatic rings. The number of hydrogen-bond donors (Lipinski definition) is 0. The van der Waals surface area contributed by atoms with E-state index in [0.29, 0.717) is 18.3 Å². The number of rotatable bonds is 6. The Balaban J connectivity index is 1.59. The van der Waals surface area contributed by atoms with Gasteiger partial charge in [0.2, 0.25) is 11.7 Å². The number of benzene rings is 3. The van der Waals surface area contributed by atoms with Crippen molar-refractivity contribution in [1.82, 2.24) is 15.0 Å². The SMILES string of the molecule is Cc1ccc(-c2noc(CN(C)C(c3ccccc3)c3ccc(F)cc3)n2)cc1. The molecule has 0 amide bonds. The quantitative estimate of drug-likeness (QED) is 0.444. The standard InChI is InChI=1S/C24H22FN3O/c1-17-8-10-20(11-9-17)24-26-22(29-27-24)16-28(2)23(18-6-4-3-5-7-18)19-12-14-21(25)15-13-19/h3-15,23H,16H2,1-2H3. The van der Waals surface area contributed by atoms with Crippen molar-refractivity contribution in [3.05, 3.63) is 107 Å². The highest BCUT2D eigenvalue weighted by Crippen LogP contribution is 2.29. The molecule has 0 saturated heterocycles. The molecule has 0 aliphatic heterocycles. The smallest absolute Gasteiger partial charge is 0.241 e. The van der Waals surface area contributed by atoms with Crippen LogP contribution in [-0.4, -0.2) is 22.1 Å². The van der Waals surface area contributed by atoms with Crippen molar-refractivity contribution in [2.75, 3.05) is 7.05 Å². The summed E-state index contributed by atoms with van der Waals surface area (Å²) in [6.45, 7) is 2.51. The highest BCUT2D eigenvalue weighted by molar-refractivity contribution is 5.54. The number of aromatic nitrogens is 2. The second-order valence-corrected chi connectivity index (χ2v) is 7.16. The Hall–Kier alpha value is -3.31. The molecule has 29 heavy (non-hydrogen) atoms. The Morgan fingerprint density at radius 1 is 0.897 bits per heavy atom. The molecular weight excluding hydrogens is 365 g/mol. The summed E-state index contributed by atoms with van der Waals surface area (Å²) in [5, 5.41) is 4.12. The van der Waals surface area contributed by atoms with Gasteiger partial charge in [0.15, 0.2) is 0 Å². The summed E-state index contributed by atoms with van der Waals surface area (Å²) in [7, 11) is 2.00. The molecule has 1 aromatic heterocycles. The fraction of sp³-hybridized carbons (Fsp3) is 0.167. The summed E-state index contributed by atoms with van der Waals surface area (Å²) in [6, 6.07) is 24.7. The van der Waals surface area contributed by atoms with E-state index in [4.69, 9.17) is 4.52 Å². The first-order chi connectivity index (χ1) is 14.1. The predicted molar refractivity (Wildman–Crippen MR) is 111 cm³/mol. The van der Waals surface area contributed by atoms with Crippen LogP contribution in [0.15, 0.2) is 83.4 Å². The molecule has 0 saturated carbocycles. The van der Waals surface area contributed by atoms with Crippen molar-refractivity contribution < 1.29 is 8.91 Å². The second-order valence-electron chi connectivity index (χ2n) is 7.16. The van der Waals surface area contributed by atoms with E-state index >= 15 is 0 Å². The first-order valence-corrected chi connectivity index (χ1v) is 9.50. The average Bonchev–Trinajstić information content (AvgIpc) is 3.19. The highest BCUT2D eigenvalue weighted by Gasteiger charge is 2.21. The summed E-state index contributed by atoms with van der Waals surface area (Å²) < 4.78 is 18.9. The zero-order chi connectivity index (χ0) is 20.2. The van der Waals surface area contributed by atoms with Gasteiger partial charge in [0.1, 0.15) is 5.82 Å². The van der Waals surface area contributed by atoms with Gasteiger partial charge in [-0.1, -0.05) is 77.5 Å². The van der Waals surface area contributed by atoms with Gasteiger partial charge in [0, 0.05) is 5.56 Å². The molecule has 3 aromatic carbocycles. The predicted octanol–water partition coefficient (Wildman–Crippen LogP) is 5.41. The van der Waals surface area contributed by atoms with Crippen molar-refractivity contribution in [3.8, 4) is 11.4 Å². The van der Waals surface area contributed by atoms with Crippen LogP contribution < -0.4 is 0 Å². The Morgan fingerprint density at radius 3 is 2.24 bits per heavy atom. The minimum absolute atomic E-state index is 0.0634. The Kier molecular flexibility index (Phi) is 5.49. The van der Waals surface area contributed by atoms with Gasteiger partial charge in [-0.05, 0) is 37.2 Å². The van der Waals surface area contributed by atoms with E-state index in [0.717, 1.165) is 16.7 Å². The summed E-state index contributed by atoms with van der Waals surface area (Å²) >= 11 is 0. The van der Waals surface area contributed by atoms with Crippen LogP contribution in [0.5, 0.6) is 0 Å². The zero-order valence-electron chi connectivity index (χ0n) is 16.4. The third-order valence-electron chi connectivity index (χ3n) is 4.90. The van der Waals surface area contributed by atoms with E-state index in [1.807, 2.05) is 68.6 Å². The fourth-order valence-corrected chi connectivity index (χ4v) is 3.43. The molecule has 5 heteroatoms. The molecule has 0 aliphatic rings. The molecule has 0 aliphatic carbocycles. The number of halogens is 1. The molecule has 1 heterocycles. The van der Waals surface area contributed by atoms with E-state index in [-0.39, 0.29) is 11.9 Å². The van der Waals surface area contributed by atoms with Crippen LogP contribution in [0.25, 0.3) is 11.4 Å². The molecule has 4 nitrogen and oxygen atoms in total. The van der Waals surface area contributed by atoms with E-state index in [1.165, 1.54) is 17.7 Å². The van der Waals surface area contributed by atoms with Crippen LogP contribution in [0.3, 0.4) is 0 Å². The zero-order valence-corrected chi connectivity index (χ0v) is 16.4. The van der Waals surface area contributed by atoms with Crippen LogP contribution in [0.4, 0.5) is 4.39 Å². The normalized spacial score (nSPS) is 12.3. The Bertz CT molecular complexity index is 1060. The van der Waals surface area contributed by atoms with Gasteiger partial charge in [-0.2, -0.15) is 4.98 Å². The van der Waals surface area contributed by atoms with E-state index in [9.17, 15) is 4.39 Å².